The van der Waals surface area contributed by atoms with Crippen molar-refractivity contribution in [3.05, 3.63) is 30.4 Å². The Morgan fingerprint density at radius 2 is 2.00 bits per heavy atom. The Morgan fingerprint density at radius 1 is 1.17 bits per heavy atom. The van der Waals surface area contributed by atoms with Crippen molar-refractivity contribution in [3.63, 3.8) is 0 Å². The smallest absolute Gasteiger partial charge is 0.310 e. The van der Waals surface area contributed by atoms with Crippen molar-refractivity contribution in [2.45, 2.75) is 12.8 Å². The third-order valence-corrected chi connectivity index (χ3v) is 4.61. The van der Waals surface area contributed by atoms with Crippen LogP contribution in [0.3, 0.4) is 0 Å². The molecule has 2 aliphatic rings. The zero-order valence-electron chi connectivity index (χ0n) is 13.8. The van der Waals surface area contributed by atoms with Gasteiger partial charge in [0.05, 0.1) is 25.8 Å². The first-order valence-electron chi connectivity index (χ1n) is 7.97. The summed E-state index contributed by atoms with van der Waals surface area (Å²) in [5.74, 6) is 1.07. The molecule has 2 bridgehead atoms. The standard InChI is InChI=1S/C18H21NO5/c1-22-13-5-6-15(16(9-13)23-2)19-17(20)10-24-18(21)14-8-11-3-4-12(14)7-11/h3-6,9,11-12,14H,7-8,10H2,1-2H3,(H,19,20). The van der Waals surface area contributed by atoms with E-state index in [1.807, 2.05) is 0 Å². The van der Waals surface area contributed by atoms with E-state index in [1.165, 1.54) is 7.11 Å². The van der Waals surface area contributed by atoms with Gasteiger partial charge >= 0.3 is 5.97 Å². The van der Waals surface area contributed by atoms with Crippen LogP contribution < -0.4 is 14.8 Å². The molecular weight excluding hydrogens is 310 g/mol. The van der Waals surface area contributed by atoms with Gasteiger partial charge < -0.3 is 19.5 Å². The molecular formula is C18H21NO5. The molecule has 128 valence electrons. The van der Waals surface area contributed by atoms with Crippen LogP contribution in [0.1, 0.15) is 12.8 Å². The van der Waals surface area contributed by atoms with Gasteiger partial charge in [0, 0.05) is 6.07 Å². The van der Waals surface area contributed by atoms with Crippen molar-refractivity contribution in [2.24, 2.45) is 17.8 Å². The average molecular weight is 331 g/mol. The number of carbonyl (C=O) groups excluding carboxylic acids is 2. The fraction of sp³-hybridized carbons (Fsp3) is 0.444. The second kappa shape index (κ2) is 6.95. The Kier molecular flexibility index (Phi) is 4.74. The number of nitrogens with one attached hydrogen (secondary N) is 1. The van der Waals surface area contributed by atoms with Crippen molar-refractivity contribution in [2.75, 3.05) is 26.1 Å². The molecule has 1 aromatic carbocycles. The molecule has 1 fully saturated rings. The monoisotopic (exact) mass is 331 g/mol. The van der Waals surface area contributed by atoms with Gasteiger partial charge in [-0.15, -0.1) is 0 Å². The van der Waals surface area contributed by atoms with Crippen LogP contribution in [0.25, 0.3) is 0 Å². The minimum Gasteiger partial charge on any atom is -0.497 e. The number of carbonyl (C=O) groups is 2. The molecule has 1 N–H and O–H groups in total. The minimum atomic E-state index is -0.398. The number of hydrogen-bond donors (Lipinski definition) is 1. The van der Waals surface area contributed by atoms with Crippen molar-refractivity contribution in [1.82, 2.24) is 0 Å². The Labute approximate surface area is 140 Å². The summed E-state index contributed by atoms with van der Waals surface area (Å²) in [6, 6.07) is 5.06. The topological polar surface area (TPSA) is 73.9 Å². The van der Waals surface area contributed by atoms with E-state index in [4.69, 9.17) is 14.2 Å². The highest BCUT2D eigenvalue weighted by Gasteiger charge is 2.40. The van der Waals surface area contributed by atoms with E-state index in [-0.39, 0.29) is 24.4 Å². The lowest BCUT2D eigenvalue weighted by atomic mass is 9.94. The molecule has 24 heavy (non-hydrogen) atoms. The molecule has 0 saturated heterocycles. The second-order valence-corrected chi connectivity index (χ2v) is 6.11. The molecule has 1 saturated carbocycles. The zero-order valence-corrected chi connectivity index (χ0v) is 13.8. The molecule has 0 aromatic heterocycles. The van der Waals surface area contributed by atoms with Crippen LogP contribution in [0, 0.1) is 17.8 Å². The van der Waals surface area contributed by atoms with Crippen molar-refractivity contribution < 1.29 is 23.8 Å². The Balaban J connectivity index is 1.52. The maximum atomic E-state index is 12.1. The first-order valence-corrected chi connectivity index (χ1v) is 7.97. The van der Waals surface area contributed by atoms with E-state index in [9.17, 15) is 9.59 Å². The van der Waals surface area contributed by atoms with E-state index >= 15 is 0 Å². The van der Waals surface area contributed by atoms with Gasteiger partial charge in [-0.25, -0.2) is 0 Å². The van der Waals surface area contributed by atoms with Crippen LogP contribution in [0.15, 0.2) is 30.4 Å². The molecule has 0 spiro atoms. The highest BCUT2D eigenvalue weighted by Crippen LogP contribution is 2.43. The van der Waals surface area contributed by atoms with Crippen molar-refractivity contribution >= 4 is 17.6 Å². The van der Waals surface area contributed by atoms with E-state index < -0.39 is 5.91 Å². The lowest BCUT2D eigenvalue weighted by Gasteiger charge is -2.16. The summed E-state index contributed by atoms with van der Waals surface area (Å²) in [5, 5.41) is 2.68. The van der Waals surface area contributed by atoms with Crippen molar-refractivity contribution in [3.8, 4) is 11.5 Å². The van der Waals surface area contributed by atoms with Gasteiger partial charge in [-0.05, 0) is 36.8 Å². The number of allylic oxidation sites excluding steroid dienone is 2. The lowest BCUT2D eigenvalue weighted by molar-refractivity contribution is -0.152. The predicted molar refractivity (Wildman–Crippen MR) is 88.0 cm³/mol. The largest absolute Gasteiger partial charge is 0.497 e. The highest BCUT2D eigenvalue weighted by atomic mass is 16.5. The third kappa shape index (κ3) is 3.37. The van der Waals surface area contributed by atoms with Crippen LogP contribution >= 0.6 is 0 Å². The molecule has 6 heteroatoms. The van der Waals surface area contributed by atoms with Crippen LogP contribution in [0.4, 0.5) is 5.69 Å². The average Bonchev–Trinajstić information content (AvgIpc) is 3.23. The number of rotatable bonds is 6. The minimum absolute atomic E-state index is 0.108. The van der Waals surface area contributed by atoms with Gasteiger partial charge in [0.25, 0.3) is 5.91 Å². The Morgan fingerprint density at radius 3 is 2.62 bits per heavy atom. The maximum Gasteiger partial charge on any atom is 0.310 e. The van der Waals surface area contributed by atoms with E-state index in [2.05, 4.69) is 17.5 Å². The molecule has 0 aliphatic heterocycles. The van der Waals surface area contributed by atoms with Crippen LogP contribution in [-0.4, -0.2) is 32.7 Å². The molecule has 3 unspecified atom stereocenters. The summed E-state index contributed by atoms with van der Waals surface area (Å²) >= 11 is 0. The van der Waals surface area contributed by atoms with Gasteiger partial charge in [0.1, 0.15) is 11.5 Å². The van der Waals surface area contributed by atoms with Crippen LogP contribution in [-0.2, 0) is 14.3 Å². The lowest BCUT2D eigenvalue weighted by Crippen LogP contribution is -2.26. The number of anilines is 1. The van der Waals surface area contributed by atoms with Gasteiger partial charge in [-0.3, -0.25) is 9.59 Å². The molecule has 1 amide bonds. The molecule has 6 nitrogen and oxygen atoms in total. The number of benzene rings is 1. The zero-order chi connectivity index (χ0) is 17.1. The highest BCUT2D eigenvalue weighted by molar-refractivity contribution is 5.94. The fourth-order valence-corrected chi connectivity index (χ4v) is 3.38. The molecule has 3 rings (SSSR count). The summed E-state index contributed by atoms with van der Waals surface area (Å²) in [7, 11) is 3.06. The SMILES string of the molecule is COc1ccc(NC(=O)COC(=O)C2CC3C=CC2C3)c(OC)c1. The summed E-state index contributed by atoms with van der Waals surface area (Å²) < 4.78 is 15.5. The summed E-state index contributed by atoms with van der Waals surface area (Å²) in [4.78, 5) is 24.1. The van der Waals surface area contributed by atoms with Gasteiger partial charge in [0.15, 0.2) is 6.61 Å². The molecule has 1 aromatic rings. The van der Waals surface area contributed by atoms with Gasteiger partial charge in [-0.1, -0.05) is 12.2 Å². The molecule has 0 radical (unpaired) electrons. The number of ether oxygens (including phenoxy) is 3. The number of esters is 1. The first-order chi connectivity index (χ1) is 11.6. The first kappa shape index (κ1) is 16.4. The van der Waals surface area contributed by atoms with Crippen LogP contribution in [0.5, 0.6) is 11.5 Å². The van der Waals surface area contributed by atoms with Gasteiger partial charge in [-0.2, -0.15) is 0 Å². The molecule has 0 heterocycles. The normalized spacial score (nSPS) is 23.8. The Hall–Kier alpha value is -2.50. The molecule has 2 aliphatic carbocycles. The fourth-order valence-electron chi connectivity index (χ4n) is 3.38. The number of hydrogen-bond acceptors (Lipinski definition) is 5. The number of methoxy groups -OCH3 is 2. The summed E-state index contributed by atoms with van der Waals surface area (Å²) in [6.07, 6.45) is 6.10. The van der Waals surface area contributed by atoms with Crippen LogP contribution in [0.2, 0.25) is 0 Å². The van der Waals surface area contributed by atoms with E-state index in [1.54, 1.807) is 25.3 Å². The maximum absolute atomic E-state index is 12.1. The second-order valence-electron chi connectivity index (χ2n) is 6.11. The number of amides is 1. The summed E-state index contributed by atoms with van der Waals surface area (Å²) in [6.45, 7) is -0.300. The van der Waals surface area contributed by atoms with E-state index in [0.717, 1.165) is 12.8 Å². The Bertz CT molecular complexity index is 669. The number of fused-ring (bicyclic) bond motifs is 2. The van der Waals surface area contributed by atoms with E-state index in [0.29, 0.717) is 23.1 Å². The van der Waals surface area contributed by atoms with Crippen molar-refractivity contribution in [1.29, 1.82) is 0 Å². The third-order valence-electron chi connectivity index (χ3n) is 4.61. The predicted octanol–water partition coefficient (Wildman–Crippen LogP) is 2.40. The summed E-state index contributed by atoms with van der Waals surface area (Å²) in [5.41, 5.74) is 0.502. The van der Waals surface area contributed by atoms with Gasteiger partial charge in [0.2, 0.25) is 0 Å². The quantitative estimate of drug-likeness (QED) is 0.640. The molecule has 3 atom stereocenters.